The van der Waals surface area contributed by atoms with Crippen molar-refractivity contribution in [2.24, 2.45) is 0 Å². The third-order valence-corrected chi connectivity index (χ3v) is 3.61. The minimum absolute atomic E-state index is 0.0309. The molecule has 130 valence electrons. The van der Waals surface area contributed by atoms with Crippen molar-refractivity contribution in [1.29, 1.82) is 0 Å². The Balaban J connectivity index is 1.98. The number of hydrogen-bond donors (Lipinski definition) is 0. The summed E-state index contributed by atoms with van der Waals surface area (Å²) in [4.78, 5) is 20.7. The number of methoxy groups -OCH3 is 1. The third-order valence-electron chi connectivity index (χ3n) is 3.61. The molecular weight excluding hydrogens is 298 g/mol. The van der Waals surface area contributed by atoms with E-state index < -0.39 is 5.60 Å². The fourth-order valence-electron chi connectivity index (χ4n) is 2.67. The van der Waals surface area contributed by atoms with Crippen molar-refractivity contribution in [2.75, 3.05) is 33.4 Å². The van der Waals surface area contributed by atoms with Gasteiger partial charge in [0.05, 0.1) is 18.3 Å². The molecule has 1 aromatic rings. The predicted octanol–water partition coefficient (Wildman–Crippen LogP) is 2.05. The largest absolute Gasteiger partial charge is 0.449 e. The van der Waals surface area contributed by atoms with Crippen LogP contribution in [0.25, 0.3) is 0 Å². The van der Waals surface area contributed by atoms with E-state index >= 15 is 0 Å². The van der Waals surface area contributed by atoms with Crippen LogP contribution < -0.4 is 0 Å². The Morgan fingerprint density at radius 1 is 1.43 bits per heavy atom. The molecule has 0 saturated carbocycles. The van der Waals surface area contributed by atoms with Gasteiger partial charge in [-0.2, -0.15) is 0 Å². The van der Waals surface area contributed by atoms with E-state index in [0.717, 1.165) is 18.8 Å². The van der Waals surface area contributed by atoms with Crippen molar-refractivity contribution in [3.05, 3.63) is 17.8 Å². The number of carbonyl (C=O) groups excluding carboxylic acids is 1. The van der Waals surface area contributed by atoms with E-state index in [0.29, 0.717) is 25.6 Å². The molecule has 0 radical (unpaired) electrons. The normalized spacial score (nSPS) is 19.9. The van der Waals surface area contributed by atoms with Gasteiger partial charge >= 0.3 is 6.09 Å². The molecule has 2 rings (SSSR count). The minimum atomic E-state index is -0.496. The van der Waals surface area contributed by atoms with Crippen LogP contribution in [0.2, 0.25) is 0 Å². The molecule has 2 heterocycles. The van der Waals surface area contributed by atoms with Crippen LogP contribution >= 0.6 is 0 Å². The highest BCUT2D eigenvalue weighted by Gasteiger charge is 2.33. The molecule has 7 heteroatoms. The van der Waals surface area contributed by atoms with E-state index in [1.807, 2.05) is 27.7 Å². The maximum absolute atomic E-state index is 12.4. The molecule has 0 bridgehead atoms. The fraction of sp³-hybridized carbons (Fsp3) is 0.750. The SMILES string of the molecule is COCC1CN(Cc2coc(C)n2)CCN1C(=O)OC(C)(C)C. The van der Waals surface area contributed by atoms with E-state index in [2.05, 4.69) is 9.88 Å². The van der Waals surface area contributed by atoms with E-state index in [9.17, 15) is 4.79 Å². The molecule has 0 N–H and O–H groups in total. The summed E-state index contributed by atoms with van der Waals surface area (Å²) in [6, 6.07) is -0.0309. The fourth-order valence-corrected chi connectivity index (χ4v) is 2.67. The summed E-state index contributed by atoms with van der Waals surface area (Å²) in [7, 11) is 1.65. The van der Waals surface area contributed by atoms with Crippen LogP contribution in [0.1, 0.15) is 32.4 Å². The van der Waals surface area contributed by atoms with Crippen LogP contribution in [-0.2, 0) is 16.0 Å². The van der Waals surface area contributed by atoms with Gasteiger partial charge in [0.2, 0.25) is 0 Å². The van der Waals surface area contributed by atoms with E-state index in [-0.39, 0.29) is 12.1 Å². The number of oxazole rings is 1. The molecule has 0 aliphatic carbocycles. The lowest BCUT2D eigenvalue weighted by Crippen LogP contribution is -2.57. The summed E-state index contributed by atoms with van der Waals surface area (Å²) in [5.74, 6) is 0.667. The summed E-state index contributed by atoms with van der Waals surface area (Å²) < 4.78 is 16.0. The number of hydrogen-bond acceptors (Lipinski definition) is 6. The van der Waals surface area contributed by atoms with Crippen molar-refractivity contribution in [3.63, 3.8) is 0 Å². The lowest BCUT2D eigenvalue weighted by Gasteiger charge is -2.41. The van der Waals surface area contributed by atoms with Gasteiger partial charge in [0.15, 0.2) is 5.89 Å². The summed E-state index contributed by atoms with van der Waals surface area (Å²) in [6.07, 6.45) is 1.40. The Kier molecular flexibility index (Phi) is 5.64. The molecule has 23 heavy (non-hydrogen) atoms. The predicted molar refractivity (Wildman–Crippen MR) is 85.1 cm³/mol. The molecule has 0 aromatic carbocycles. The number of aryl methyl sites for hydroxylation is 1. The summed E-state index contributed by atoms with van der Waals surface area (Å²) in [6.45, 7) is 10.7. The van der Waals surface area contributed by atoms with Gasteiger partial charge in [-0.05, 0) is 20.8 Å². The van der Waals surface area contributed by atoms with Crippen LogP contribution in [0.4, 0.5) is 4.79 Å². The molecule has 1 fully saturated rings. The number of aromatic nitrogens is 1. The molecule has 1 unspecified atom stereocenters. The van der Waals surface area contributed by atoms with Gasteiger partial charge in [0.1, 0.15) is 11.9 Å². The first-order valence-corrected chi connectivity index (χ1v) is 7.90. The van der Waals surface area contributed by atoms with Crippen LogP contribution in [0, 0.1) is 6.92 Å². The zero-order valence-electron chi connectivity index (χ0n) is 14.7. The quantitative estimate of drug-likeness (QED) is 0.844. The number of piperazine rings is 1. The molecule has 1 atom stereocenters. The van der Waals surface area contributed by atoms with Gasteiger partial charge < -0.3 is 18.8 Å². The summed E-state index contributed by atoms with van der Waals surface area (Å²) in [5.41, 5.74) is 0.411. The molecule has 7 nitrogen and oxygen atoms in total. The van der Waals surface area contributed by atoms with Crippen LogP contribution in [-0.4, -0.2) is 65.9 Å². The van der Waals surface area contributed by atoms with Crippen molar-refractivity contribution >= 4 is 6.09 Å². The van der Waals surface area contributed by atoms with Crippen LogP contribution in [0.5, 0.6) is 0 Å². The second-order valence-electron chi connectivity index (χ2n) is 6.88. The number of ether oxygens (including phenoxy) is 2. The van der Waals surface area contributed by atoms with E-state index in [4.69, 9.17) is 13.9 Å². The summed E-state index contributed by atoms with van der Waals surface area (Å²) >= 11 is 0. The number of rotatable bonds is 4. The first-order valence-electron chi connectivity index (χ1n) is 7.90. The molecular formula is C16H27N3O4. The Labute approximate surface area is 137 Å². The standard InChI is InChI=1S/C16H27N3O4/c1-12-17-13(10-22-12)8-18-6-7-19(14(9-18)11-21-5)15(20)23-16(2,3)4/h10,14H,6-9,11H2,1-5H3. The second-order valence-corrected chi connectivity index (χ2v) is 6.88. The molecule has 1 aromatic heterocycles. The molecule has 1 aliphatic rings. The van der Waals surface area contributed by atoms with Gasteiger partial charge in [0, 0.05) is 40.2 Å². The topological polar surface area (TPSA) is 68.0 Å². The molecule has 1 saturated heterocycles. The highest BCUT2D eigenvalue weighted by molar-refractivity contribution is 5.68. The Morgan fingerprint density at radius 3 is 2.74 bits per heavy atom. The van der Waals surface area contributed by atoms with Crippen molar-refractivity contribution < 1.29 is 18.7 Å². The minimum Gasteiger partial charge on any atom is -0.449 e. The molecule has 0 spiro atoms. The van der Waals surface area contributed by atoms with Crippen molar-refractivity contribution in [3.8, 4) is 0 Å². The third kappa shape index (κ3) is 5.21. The highest BCUT2D eigenvalue weighted by Crippen LogP contribution is 2.17. The maximum Gasteiger partial charge on any atom is 0.410 e. The molecule has 1 aliphatic heterocycles. The molecule has 1 amide bonds. The van der Waals surface area contributed by atoms with Gasteiger partial charge in [-0.1, -0.05) is 0 Å². The number of carbonyl (C=O) groups is 1. The Morgan fingerprint density at radius 2 is 2.17 bits per heavy atom. The van der Waals surface area contributed by atoms with E-state index in [1.165, 1.54) is 0 Å². The van der Waals surface area contributed by atoms with Crippen LogP contribution in [0.15, 0.2) is 10.7 Å². The lowest BCUT2D eigenvalue weighted by atomic mass is 10.1. The smallest absolute Gasteiger partial charge is 0.410 e. The highest BCUT2D eigenvalue weighted by atomic mass is 16.6. The first-order chi connectivity index (χ1) is 10.8. The average molecular weight is 325 g/mol. The van der Waals surface area contributed by atoms with Gasteiger partial charge in [-0.3, -0.25) is 4.90 Å². The first kappa shape index (κ1) is 17.7. The van der Waals surface area contributed by atoms with E-state index in [1.54, 1.807) is 18.3 Å². The zero-order chi connectivity index (χ0) is 17.0. The average Bonchev–Trinajstić information content (AvgIpc) is 2.82. The Hall–Kier alpha value is -1.60. The Bertz CT molecular complexity index is 524. The lowest BCUT2D eigenvalue weighted by molar-refractivity contribution is -0.0175. The van der Waals surface area contributed by atoms with Gasteiger partial charge in [-0.15, -0.1) is 0 Å². The maximum atomic E-state index is 12.4. The zero-order valence-corrected chi connectivity index (χ0v) is 14.7. The number of nitrogens with zero attached hydrogens (tertiary/aromatic N) is 3. The van der Waals surface area contributed by atoms with Gasteiger partial charge in [0.25, 0.3) is 0 Å². The second kappa shape index (κ2) is 7.31. The van der Waals surface area contributed by atoms with Crippen LogP contribution in [0.3, 0.4) is 0 Å². The van der Waals surface area contributed by atoms with Crippen molar-refractivity contribution in [1.82, 2.24) is 14.8 Å². The van der Waals surface area contributed by atoms with Gasteiger partial charge in [-0.25, -0.2) is 9.78 Å². The monoisotopic (exact) mass is 325 g/mol. The van der Waals surface area contributed by atoms with Crippen molar-refractivity contribution in [2.45, 2.75) is 45.9 Å². The summed E-state index contributed by atoms with van der Waals surface area (Å²) in [5, 5.41) is 0. The number of amides is 1.